The molecule has 0 aliphatic rings. The van der Waals surface area contributed by atoms with Gasteiger partial charge in [-0.25, -0.2) is 0 Å². The van der Waals surface area contributed by atoms with Gasteiger partial charge in [0.25, 0.3) is 0 Å². The van der Waals surface area contributed by atoms with Crippen molar-refractivity contribution in [2.24, 2.45) is 0 Å². The summed E-state index contributed by atoms with van der Waals surface area (Å²) in [6.07, 6.45) is 87.4. The van der Waals surface area contributed by atoms with E-state index in [-0.39, 0.29) is 31.1 Å². The second-order valence-corrected chi connectivity index (χ2v) is 22.4. The van der Waals surface area contributed by atoms with Crippen LogP contribution in [0.1, 0.15) is 335 Å². The van der Waals surface area contributed by atoms with E-state index in [4.69, 9.17) is 14.2 Å². The lowest BCUT2D eigenvalue weighted by Gasteiger charge is -2.18. The van der Waals surface area contributed by atoms with E-state index < -0.39 is 6.10 Å². The first kappa shape index (κ1) is 74.6. The summed E-state index contributed by atoms with van der Waals surface area (Å²) in [6.45, 7) is 6.53. The van der Waals surface area contributed by atoms with Crippen LogP contribution in [0.3, 0.4) is 0 Å². The van der Waals surface area contributed by atoms with Gasteiger partial charge in [0.05, 0.1) is 0 Å². The Balaban J connectivity index is 4.38. The van der Waals surface area contributed by atoms with Gasteiger partial charge < -0.3 is 14.2 Å². The second-order valence-electron chi connectivity index (χ2n) is 22.4. The quantitative estimate of drug-likeness (QED) is 0.0261. The topological polar surface area (TPSA) is 78.9 Å². The van der Waals surface area contributed by atoms with E-state index in [2.05, 4.69) is 106 Å². The van der Waals surface area contributed by atoms with E-state index in [9.17, 15) is 14.4 Å². The zero-order valence-corrected chi connectivity index (χ0v) is 51.7. The maximum atomic E-state index is 12.9. The third-order valence-corrected chi connectivity index (χ3v) is 14.6. The summed E-state index contributed by atoms with van der Waals surface area (Å²) in [6, 6.07) is 0. The minimum Gasteiger partial charge on any atom is -0.462 e. The average Bonchev–Trinajstić information content (AvgIpc) is 3.44. The maximum absolute atomic E-state index is 12.9. The first-order valence-electron chi connectivity index (χ1n) is 33.6. The number of allylic oxidation sites excluding steroid dienone is 14. The van der Waals surface area contributed by atoms with Crippen LogP contribution in [0, 0.1) is 0 Å². The molecular weight excluding hydrogens is 961 g/mol. The highest BCUT2D eigenvalue weighted by atomic mass is 16.6. The Morgan fingerprint density at radius 1 is 0.269 bits per heavy atom. The summed E-state index contributed by atoms with van der Waals surface area (Å²) in [7, 11) is 0. The predicted molar refractivity (Wildman–Crippen MR) is 339 cm³/mol. The molecule has 0 spiro atoms. The standard InChI is InChI=1S/C72H126O6/c1-4-7-10-13-16-19-22-25-28-31-33-35-36-38-39-41-44-47-50-53-56-59-62-65-71(74)77-68-69(67-76-70(73)64-61-58-55-52-49-46-43-30-27-24-21-18-15-12-9-6-3)78-72(75)66-63-60-57-54-51-48-45-42-40-37-34-32-29-26-23-20-17-14-11-8-5-2/h8,11,17,20-21,24,26,29-30,34,37,42-43,45,69H,4-7,9-10,12-16,18-19,22-23,25,27-28,31-33,35-36,38-41,44,46-68H2,1-3H3/b11-8-,20-17-,24-21-,29-26-,37-34-,43-30-,45-42-. The SMILES string of the molecule is CC/C=C\C/C=C\C/C=C\C/C=C\C/C=C\CCCCCCCC(=O)OC(COC(=O)CCCCCCC/C=C\C/C=C\CCCCCC)COC(=O)CCCCCCCCCCCCCCCCCCCCCCCCC. The van der Waals surface area contributed by atoms with E-state index >= 15 is 0 Å². The smallest absolute Gasteiger partial charge is 0.306 e. The van der Waals surface area contributed by atoms with Gasteiger partial charge in [-0.2, -0.15) is 0 Å². The van der Waals surface area contributed by atoms with Crippen molar-refractivity contribution in [1.82, 2.24) is 0 Å². The molecule has 0 amide bonds. The lowest BCUT2D eigenvalue weighted by molar-refractivity contribution is -0.167. The number of unbranched alkanes of at least 4 members (excludes halogenated alkanes) is 36. The Hall–Kier alpha value is -3.41. The highest BCUT2D eigenvalue weighted by Crippen LogP contribution is 2.17. The Kier molecular flexibility index (Phi) is 63.2. The average molecular weight is 1090 g/mol. The number of carbonyl (C=O) groups is 3. The number of carbonyl (C=O) groups excluding carboxylic acids is 3. The molecule has 78 heavy (non-hydrogen) atoms. The largest absolute Gasteiger partial charge is 0.462 e. The van der Waals surface area contributed by atoms with Crippen LogP contribution in [0.4, 0.5) is 0 Å². The molecule has 0 aliphatic carbocycles. The zero-order chi connectivity index (χ0) is 56.4. The van der Waals surface area contributed by atoms with Crippen LogP contribution in [0.25, 0.3) is 0 Å². The summed E-state index contributed by atoms with van der Waals surface area (Å²) in [5.74, 6) is -0.904. The molecule has 0 saturated carbocycles. The molecule has 0 rings (SSSR count). The third kappa shape index (κ3) is 63.4. The molecular formula is C72H126O6. The summed E-state index contributed by atoms with van der Waals surface area (Å²) >= 11 is 0. The van der Waals surface area contributed by atoms with Gasteiger partial charge in [-0.3, -0.25) is 14.4 Å². The molecule has 0 aromatic carbocycles. The van der Waals surface area contributed by atoms with Crippen molar-refractivity contribution >= 4 is 17.9 Å². The fraction of sp³-hybridized carbons (Fsp3) is 0.764. The van der Waals surface area contributed by atoms with Crippen LogP contribution >= 0.6 is 0 Å². The van der Waals surface area contributed by atoms with Crippen molar-refractivity contribution in [2.45, 2.75) is 341 Å². The molecule has 1 atom stereocenters. The first-order chi connectivity index (χ1) is 38.5. The fourth-order valence-electron chi connectivity index (χ4n) is 9.62. The van der Waals surface area contributed by atoms with Gasteiger partial charge in [0.2, 0.25) is 0 Å². The first-order valence-corrected chi connectivity index (χ1v) is 33.6. The molecule has 0 aromatic rings. The summed E-state index contributed by atoms with van der Waals surface area (Å²) < 4.78 is 16.9. The van der Waals surface area contributed by atoms with E-state index in [0.29, 0.717) is 19.3 Å². The molecule has 0 saturated heterocycles. The molecule has 0 heterocycles. The molecule has 0 aliphatic heterocycles. The molecule has 0 aromatic heterocycles. The Labute approximate surface area is 484 Å². The van der Waals surface area contributed by atoms with Crippen LogP contribution in [0.15, 0.2) is 85.1 Å². The van der Waals surface area contributed by atoms with Gasteiger partial charge in [0.15, 0.2) is 6.10 Å². The Bertz CT molecular complexity index is 1480. The normalized spacial score (nSPS) is 12.6. The number of hydrogen-bond donors (Lipinski definition) is 0. The molecule has 6 nitrogen and oxygen atoms in total. The zero-order valence-electron chi connectivity index (χ0n) is 51.7. The Morgan fingerprint density at radius 3 is 0.795 bits per heavy atom. The monoisotopic (exact) mass is 1090 g/mol. The predicted octanol–water partition coefficient (Wildman–Crippen LogP) is 23.1. The number of rotatable bonds is 61. The van der Waals surface area contributed by atoms with E-state index in [1.165, 1.54) is 167 Å². The summed E-state index contributed by atoms with van der Waals surface area (Å²) in [4.78, 5) is 38.4. The van der Waals surface area contributed by atoms with Crippen molar-refractivity contribution in [1.29, 1.82) is 0 Å². The molecule has 450 valence electrons. The van der Waals surface area contributed by atoms with Gasteiger partial charge in [0, 0.05) is 19.3 Å². The van der Waals surface area contributed by atoms with Crippen LogP contribution < -0.4 is 0 Å². The van der Waals surface area contributed by atoms with Gasteiger partial charge in [-0.05, 0) is 96.3 Å². The van der Waals surface area contributed by atoms with Crippen molar-refractivity contribution in [3.8, 4) is 0 Å². The van der Waals surface area contributed by atoms with Crippen LogP contribution in [0.5, 0.6) is 0 Å². The van der Waals surface area contributed by atoms with Gasteiger partial charge >= 0.3 is 17.9 Å². The minimum absolute atomic E-state index is 0.0865. The van der Waals surface area contributed by atoms with E-state index in [1.54, 1.807) is 0 Å². The highest BCUT2D eigenvalue weighted by Gasteiger charge is 2.19. The number of esters is 3. The second kappa shape index (κ2) is 66.1. The third-order valence-electron chi connectivity index (χ3n) is 14.6. The van der Waals surface area contributed by atoms with Gasteiger partial charge in [-0.1, -0.05) is 305 Å². The van der Waals surface area contributed by atoms with Crippen LogP contribution in [0.2, 0.25) is 0 Å². The van der Waals surface area contributed by atoms with Crippen molar-refractivity contribution < 1.29 is 28.6 Å². The fourth-order valence-corrected chi connectivity index (χ4v) is 9.62. The minimum atomic E-state index is -0.794. The van der Waals surface area contributed by atoms with Gasteiger partial charge in [-0.15, -0.1) is 0 Å². The van der Waals surface area contributed by atoms with Crippen LogP contribution in [-0.2, 0) is 28.6 Å². The summed E-state index contributed by atoms with van der Waals surface area (Å²) in [5.41, 5.74) is 0. The van der Waals surface area contributed by atoms with Crippen molar-refractivity contribution in [3.63, 3.8) is 0 Å². The van der Waals surface area contributed by atoms with Crippen molar-refractivity contribution in [2.75, 3.05) is 13.2 Å². The summed E-state index contributed by atoms with van der Waals surface area (Å²) in [5, 5.41) is 0. The molecule has 0 bridgehead atoms. The van der Waals surface area contributed by atoms with Crippen molar-refractivity contribution in [3.05, 3.63) is 85.1 Å². The number of ether oxygens (including phenoxy) is 3. The van der Waals surface area contributed by atoms with Crippen LogP contribution in [-0.4, -0.2) is 37.2 Å². The molecule has 0 N–H and O–H groups in total. The highest BCUT2D eigenvalue weighted by molar-refractivity contribution is 5.71. The molecule has 0 radical (unpaired) electrons. The number of hydrogen-bond acceptors (Lipinski definition) is 6. The van der Waals surface area contributed by atoms with E-state index in [1.807, 2.05) is 0 Å². The molecule has 6 heteroatoms. The lowest BCUT2D eigenvalue weighted by atomic mass is 10.0. The molecule has 0 fully saturated rings. The maximum Gasteiger partial charge on any atom is 0.306 e. The molecule has 1 unspecified atom stereocenters. The van der Waals surface area contributed by atoms with Gasteiger partial charge in [0.1, 0.15) is 13.2 Å². The lowest BCUT2D eigenvalue weighted by Crippen LogP contribution is -2.30. The van der Waals surface area contributed by atoms with E-state index in [0.717, 1.165) is 128 Å². The Morgan fingerprint density at radius 2 is 0.500 bits per heavy atom.